The fourth-order valence-electron chi connectivity index (χ4n) is 11.0. The number of H-pyrrole nitrogens is 1. The summed E-state index contributed by atoms with van der Waals surface area (Å²) in [4.78, 5) is 80.2. The third-order valence-electron chi connectivity index (χ3n) is 15.4. The topological polar surface area (TPSA) is 190 Å². The number of halogens is 2. The van der Waals surface area contributed by atoms with E-state index in [1.165, 1.54) is 17.0 Å². The lowest BCUT2D eigenvalue weighted by Crippen LogP contribution is -2.48. The van der Waals surface area contributed by atoms with E-state index in [4.69, 9.17) is 4.74 Å². The van der Waals surface area contributed by atoms with Crippen molar-refractivity contribution in [2.45, 2.75) is 110 Å². The van der Waals surface area contributed by atoms with Gasteiger partial charge < -0.3 is 30.3 Å². The third kappa shape index (κ3) is 14.1. The van der Waals surface area contributed by atoms with Crippen molar-refractivity contribution >= 4 is 68.6 Å². The molecular formula is C60H70F2N8O7S. The molecule has 4 aromatic carbocycles. The molecule has 2 aromatic heterocycles. The van der Waals surface area contributed by atoms with Crippen LogP contribution < -0.4 is 15.5 Å². The predicted octanol–water partition coefficient (Wildman–Crippen LogP) is 9.35. The molecule has 6 aromatic rings. The lowest BCUT2D eigenvalue weighted by molar-refractivity contribution is -0.146. The van der Waals surface area contributed by atoms with Gasteiger partial charge in [0.05, 0.1) is 45.9 Å². The molecule has 0 radical (unpaired) electrons. The van der Waals surface area contributed by atoms with Crippen molar-refractivity contribution in [1.82, 2.24) is 25.0 Å². The molecule has 5 heterocycles. The Bertz CT molecular complexity index is 3100. The van der Waals surface area contributed by atoms with Gasteiger partial charge in [-0.25, -0.2) is 13.8 Å². The molecule has 4 N–H and O–H groups in total. The van der Waals surface area contributed by atoms with E-state index in [1.807, 2.05) is 93.9 Å². The van der Waals surface area contributed by atoms with Crippen LogP contribution in [0.1, 0.15) is 105 Å². The van der Waals surface area contributed by atoms with Crippen LogP contribution in [0.5, 0.6) is 0 Å². The van der Waals surface area contributed by atoms with E-state index in [0.29, 0.717) is 85.8 Å². The lowest BCUT2D eigenvalue weighted by atomic mass is 9.76. The van der Waals surface area contributed by atoms with E-state index in [1.54, 1.807) is 11.3 Å². The number of hydrogen-bond acceptors (Lipinski definition) is 13. The predicted molar refractivity (Wildman–Crippen MR) is 299 cm³/mol. The number of ether oxygens (including phenoxy) is 1. The molecule has 3 fully saturated rings. The van der Waals surface area contributed by atoms with Crippen molar-refractivity contribution in [3.05, 3.63) is 124 Å². The minimum Gasteiger partial charge on any atom is -0.391 e. The Morgan fingerprint density at radius 1 is 0.859 bits per heavy atom. The number of aliphatic hydroxyl groups is 1. The van der Waals surface area contributed by atoms with Gasteiger partial charge in [0, 0.05) is 113 Å². The molecule has 3 aliphatic heterocycles. The number of amides is 2. The molecule has 0 bridgehead atoms. The van der Waals surface area contributed by atoms with Gasteiger partial charge in [-0.1, -0.05) is 51.1 Å². The van der Waals surface area contributed by atoms with Gasteiger partial charge in [-0.15, -0.1) is 11.3 Å². The maximum Gasteiger partial charge on any atom is 0.258 e. The molecule has 0 saturated carbocycles. The van der Waals surface area contributed by atoms with E-state index >= 15 is 0 Å². The van der Waals surface area contributed by atoms with Crippen LogP contribution >= 0.6 is 11.3 Å². The number of nitrogens with zero attached hydrogens (tertiary/aromatic N) is 5. The number of likely N-dealkylation sites (tertiary alicyclic amines) is 1. The van der Waals surface area contributed by atoms with E-state index in [9.17, 15) is 37.9 Å². The monoisotopic (exact) mass is 1080 g/mol. The highest BCUT2D eigenvalue weighted by Crippen LogP contribution is 2.35. The molecule has 0 unspecified atom stereocenters. The van der Waals surface area contributed by atoms with Gasteiger partial charge in [0.1, 0.15) is 23.2 Å². The highest BCUT2D eigenvalue weighted by molar-refractivity contribution is 7.13. The summed E-state index contributed by atoms with van der Waals surface area (Å²) in [5, 5.41) is 25.3. The van der Waals surface area contributed by atoms with Crippen LogP contribution in [0, 0.1) is 29.9 Å². The molecule has 9 rings (SSSR count). The van der Waals surface area contributed by atoms with E-state index in [2.05, 4.69) is 35.6 Å². The van der Waals surface area contributed by atoms with Crippen molar-refractivity contribution in [3.8, 4) is 10.4 Å². The zero-order valence-electron chi connectivity index (χ0n) is 44.9. The lowest BCUT2D eigenvalue weighted by Gasteiger charge is -2.36. The number of β-amino-alcohol motifs (C(OH)–C–C–N with tert-alkyl or cyclic N) is 1. The highest BCUT2D eigenvalue weighted by Gasteiger charge is 2.44. The minimum absolute atomic E-state index is 0.0111. The number of benzene rings is 4. The number of aryl methyl sites for hydroxylation is 2. The first kappa shape index (κ1) is 56.0. The maximum absolute atomic E-state index is 14.3. The van der Waals surface area contributed by atoms with Crippen molar-refractivity contribution in [2.24, 2.45) is 11.3 Å². The summed E-state index contributed by atoms with van der Waals surface area (Å²) in [7, 11) is 0. The van der Waals surface area contributed by atoms with Gasteiger partial charge in [0.15, 0.2) is 11.6 Å². The number of rotatable bonds is 21. The zero-order chi connectivity index (χ0) is 55.1. The second kappa shape index (κ2) is 24.9. The standard InChI is InChI=1S/C60H70F2N8O7S/c1-37-56(78-36-63-37)41-12-8-38(9-13-41)11-17-55(74)54-33-48(73)35-70(54)59(76)51(60(2,3)4)32-46(71)6-5-7-47(72)34-68-20-22-69(23-21-68)45-14-15-49(53(31-45)64-44-18-24-77-25-19-44)58(75)65-57-50-29-39(10-16-52(50)66-67-57)26-40-27-42(61)30-43(62)28-40/h8-10,12-16,27-31,36,44,48,51,54,64,73H,5-7,11,17-26,32-35H2,1-4H3,(H2,65,66,67,75)/t48-,51-,54+/m1/s1. The maximum atomic E-state index is 14.3. The summed E-state index contributed by atoms with van der Waals surface area (Å²) >= 11 is 1.58. The normalized spacial score (nSPS) is 17.8. The van der Waals surface area contributed by atoms with Crippen molar-refractivity contribution in [1.29, 1.82) is 0 Å². The van der Waals surface area contributed by atoms with Gasteiger partial charge in [-0.05, 0) is 109 Å². The molecule has 0 aliphatic carbocycles. The Hall–Kier alpha value is -6.73. The highest BCUT2D eigenvalue weighted by atomic mass is 32.1. The number of aromatic amines is 1. The first-order valence-electron chi connectivity index (χ1n) is 27.2. The number of aromatic nitrogens is 3. The number of fused-ring (bicyclic) bond motifs is 1. The summed E-state index contributed by atoms with van der Waals surface area (Å²) in [6.45, 7) is 11.8. The molecule has 78 heavy (non-hydrogen) atoms. The Morgan fingerprint density at radius 3 is 2.28 bits per heavy atom. The second-order valence-corrected chi connectivity index (χ2v) is 23.1. The summed E-state index contributed by atoms with van der Waals surface area (Å²) in [5.74, 6) is -2.49. The van der Waals surface area contributed by atoms with Crippen LogP contribution in [0.4, 0.5) is 26.0 Å². The number of carbonyl (C=O) groups excluding carboxylic acids is 5. The molecule has 15 nitrogen and oxygen atoms in total. The van der Waals surface area contributed by atoms with E-state index in [-0.39, 0.29) is 86.8 Å². The SMILES string of the molecule is Cc1ncsc1-c1ccc(CCC(=O)[C@@H]2C[C@@H](O)CN2C(=O)[C@@H](CC(=O)CCCC(=O)CN2CCN(c3ccc(C(=O)Nc4n[nH]c5ccc(Cc6cc(F)cc(F)c6)cc45)c(NC4CCOCC4)c3)CC2)C(C)(C)C)cc1. The van der Waals surface area contributed by atoms with Gasteiger partial charge in [0.2, 0.25) is 5.91 Å². The summed E-state index contributed by atoms with van der Waals surface area (Å²) in [6, 6.07) is 22.1. The molecule has 18 heteroatoms. The number of aliphatic hydroxyl groups excluding tert-OH is 1. The molecule has 2 amide bonds. The minimum atomic E-state index is -0.828. The second-order valence-electron chi connectivity index (χ2n) is 22.3. The number of thiazole rings is 1. The molecule has 3 atom stereocenters. The summed E-state index contributed by atoms with van der Waals surface area (Å²) in [5.41, 5.74) is 8.31. The molecular weight excluding hydrogens is 1010 g/mol. The quantitative estimate of drug-likeness (QED) is 0.0535. The van der Waals surface area contributed by atoms with Crippen LogP contribution in [-0.2, 0) is 36.8 Å². The number of hydrogen-bond donors (Lipinski definition) is 4. The van der Waals surface area contributed by atoms with E-state index in [0.717, 1.165) is 51.9 Å². The summed E-state index contributed by atoms with van der Waals surface area (Å²) < 4.78 is 33.5. The van der Waals surface area contributed by atoms with Crippen LogP contribution in [0.25, 0.3) is 21.3 Å². The van der Waals surface area contributed by atoms with Crippen molar-refractivity contribution in [2.75, 3.05) is 68.0 Å². The van der Waals surface area contributed by atoms with Crippen LogP contribution in [-0.4, -0.2) is 130 Å². The molecule has 3 aliphatic rings. The Morgan fingerprint density at radius 2 is 1.58 bits per heavy atom. The number of anilines is 3. The number of nitrogens with one attached hydrogen (secondary N) is 3. The fourth-order valence-corrected chi connectivity index (χ4v) is 11.8. The largest absolute Gasteiger partial charge is 0.391 e. The first-order valence-corrected chi connectivity index (χ1v) is 28.0. The van der Waals surface area contributed by atoms with Gasteiger partial charge in [0.25, 0.3) is 5.91 Å². The Balaban J connectivity index is 0.750. The molecule has 0 spiro atoms. The van der Waals surface area contributed by atoms with Crippen LogP contribution in [0.2, 0.25) is 0 Å². The van der Waals surface area contributed by atoms with E-state index < -0.39 is 35.1 Å². The summed E-state index contributed by atoms with van der Waals surface area (Å²) in [6.07, 6.45) is 2.68. The Kier molecular flexibility index (Phi) is 17.9. The Labute approximate surface area is 458 Å². The van der Waals surface area contributed by atoms with Gasteiger partial charge in [-0.3, -0.25) is 34.0 Å². The van der Waals surface area contributed by atoms with Crippen LogP contribution in [0.3, 0.4) is 0 Å². The number of ketones is 3. The van der Waals surface area contributed by atoms with Gasteiger partial charge >= 0.3 is 0 Å². The molecule has 3 saturated heterocycles. The van der Waals surface area contributed by atoms with Crippen molar-refractivity contribution in [3.63, 3.8) is 0 Å². The number of piperazine rings is 1. The average molecular weight is 1090 g/mol. The first-order chi connectivity index (χ1) is 37.4. The number of Topliss-reactive ketones (excluding diaryl/α,β-unsaturated/α-hetero) is 3. The number of carbonyl (C=O) groups is 5. The average Bonchev–Trinajstić information content (AvgIpc) is 4.17. The van der Waals surface area contributed by atoms with Crippen LogP contribution in [0.15, 0.2) is 84.4 Å². The van der Waals surface area contributed by atoms with Gasteiger partial charge in [-0.2, -0.15) is 5.10 Å². The molecule has 412 valence electrons. The van der Waals surface area contributed by atoms with Crippen molar-refractivity contribution < 1.29 is 42.6 Å². The smallest absolute Gasteiger partial charge is 0.258 e. The zero-order valence-corrected chi connectivity index (χ0v) is 45.7. The third-order valence-corrected chi connectivity index (χ3v) is 16.4. The fraction of sp³-hybridized carbons (Fsp3) is 0.450.